The predicted octanol–water partition coefficient (Wildman–Crippen LogP) is 3.65. The molecule has 5 heteroatoms. The molecule has 25 heavy (non-hydrogen) atoms. The molecule has 0 heterocycles. The largest absolute Gasteiger partial charge is 0.507 e. The Morgan fingerprint density at radius 2 is 1.88 bits per heavy atom. The molecule has 2 unspecified atom stereocenters. The van der Waals surface area contributed by atoms with Crippen molar-refractivity contribution in [2.24, 2.45) is 0 Å². The van der Waals surface area contributed by atoms with Gasteiger partial charge in [-0.2, -0.15) is 0 Å². The van der Waals surface area contributed by atoms with Gasteiger partial charge in [0, 0.05) is 36.8 Å². The van der Waals surface area contributed by atoms with Gasteiger partial charge in [0.1, 0.15) is 5.75 Å². The van der Waals surface area contributed by atoms with Crippen molar-refractivity contribution < 1.29 is 10.2 Å². The minimum absolute atomic E-state index is 0.258. The average molecular weight is 361 g/mol. The molecule has 0 aliphatic carbocycles. The monoisotopic (exact) mass is 360 g/mol. The molecule has 4 nitrogen and oxygen atoms in total. The number of thioether (sulfide) groups is 1. The van der Waals surface area contributed by atoms with Crippen LogP contribution in [0.3, 0.4) is 0 Å². The molecule has 0 saturated carbocycles. The normalized spacial score (nSPS) is 13.4. The van der Waals surface area contributed by atoms with E-state index in [0.717, 1.165) is 23.4 Å². The van der Waals surface area contributed by atoms with E-state index in [0.29, 0.717) is 12.6 Å². The van der Waals surface area contributed by atoms with Crippen molar-refractivity contribution in [3.63, 3.8) is 0 Å². The van der Waals surface area contributed by atoms with Gasteiger partial charge < -0.3 is 20.4 Å². The zero-order valence-corrected chi connectivity index (χ0v) is 16.0. The Morgan fingerprint density at radius 1 is 1.16 bits per heavy atom. The van der Waals surface area contributed by atoms with Gasteiger partial charge in [0.15, 0.2) is 0 Å². The van der Waals surface area contributed by atoms with Crippen LogP contribution in [0, 0.1) is 0 Å². The number of aliphatic hydroxyl groups is 1. The summed E-state index contributed by atoms with van der Waals surface area (Å²) in [5.41, 5.74) is 2.03. The Bertz CT molecular complexity index is 651. The van der Waals surface area contributed by atoms with E-state index in [9.17, 15) is 10.2 Å². The second-order valence-electron chi connectivity index (χ2n) is 6.30. The first-order chi connectivity index (χ1) is 12.0. The van der Waals surface area contributed by atoms with E-state index in [2.05, 4.69) is 36.3 Å². The summed E-state index contributed by atoms with van der Waals surface area (Å²) >= 11 is 1.47. The summed E-state index contributed by atoms with van der Waals surface area (Å²) in [6.07, 6.45) is 2.32. The van der Waals surface area contributed by atoms with Crippen LogP contribution in [-0.2, 0) is 0 Å². The first-order valence-corrected chi connectivity index (χ1v) is 9.78. The molecule has 2 atom stereocenters. The molecule has 0 fully saturated rings. The third kappa shape index (κ3) is 5.96. The van der Waals surface area contributed by atoms with Gasteiger partial charge in [-0.15, -0.1) is 11.8 Å². The number of benzene rings is 2. The number of aromatic hydroxyl groups is 1. The highest BCUT2D eigenvalue weighted by atomic mass is 32.2. The predicted molar refractivity (Wildman–Crippen MR) is 107 cm³/mol. The molecule has 0 aromatic heterocycles. The van der Waals surface area contributed by atoms with Crippen LogP contribution >= 0.6 is 11.8 Å². The average Bonchev–Trinajstić information content (AvgIpc) is 2.65. The minimum atomic E-state index is -0.583. The number of rotatable bonds is 9. The zero-order valence-electron chi connectivity index (χ0n) is 15.1. The van der Waals surface area contributed by atoms with Gasteiger partial charge in [-0.05, 0) is 49.4 Å². The minimum Gasteiger partial charge on any atom is -0.507 e. The van der Waals surface area contributed by atoms with E-state index < -0.39 is 6.10 Å². The highest BCUT2D eigenvalue weighted by Gasteiger charge is 2.12. The maximum Gasteiger partial charge on any atom is 0.129 e. The Kier molecular flexibility index (Phi) is 7.62. The van der Waals surface area contributed by atoms with Crippen LogP contribution in [0.1, 0.15) is 25.0 Å². The Morgan fingerprint density at radius 3 is 2.56 bits per heavy atom. The maximum atomic E-state index is 10.4. The summed E-state index contributed by atoms with van der Waals surface area (Å²) in [6, 6.07) is 15.9. The quantitative estimate of drug-likeness (QED) is 0.596. The topological polar surface area (TPSA) is 55.7 Å². The lowest BCUT2D eigenvalue weighted by Crippen LogP contribution is -2.33. The molecule has 0 aliphatic rings. The summed E-state index contributed by atoms with van der Waals surface area (Å²) in [5, 5.41) is 23.5. The molecule has 0 bridgehead atoms. The molecule has 3 N–H and O–H groups in total. The lowest BCUT2D eigenvalue weighted by molar-refractivity contribution is 0.170. The molecule has 0 radical (unpaired) electrons. The number of nitrogens with zero attached hydrogens (tertiary/aromatic N) is 1. The summed E-state index contributed by atoms with van der Waals surface area (Å²) in [5.74, 6) is 0.258. The molecule has 0 saturated heterocycles. The van der Waals surface area contributed by atoms with Gasteiger partial charge in [-0.1, -0.05) is 24.3 Å². The third-order valence-electron chi connectivity index (χ3n) is 4.34. The van der Waals surface area contributed by atoms with E-state index >= 15 is 0 Å². The smallest absolute Gasteiger partial charge is 0.129 e. The van der Waals surface area contributed by atoms with Crippen molar-refractivity contribution >= 4 is 17.4 Å². The van der Waals surface area contributed by atoms with Crippen LogP contribution in [0.15, 0.2) is 53.4 Å². The van der Waals surface area contributed by atoms with Gasteiger partial charge in [0.25, 0.3) is 0 Å². The lowest BCUT2D eigenvalue weighted by atomic mass is 10.1. The number of anilines is 1. The molecule has 2 rings (SSSR count). The second kappa shape index (κ2) is 9.70. The van der Waals surface area contributed by atoms with Gasteiger partial charge in [0.2, 0.25) is 0 Å². The van der Waals surface area contributed by atoms with E-state index in [1.165, 1.54) is 17.4 Å². The molecule has 0 spiro atoms. The third-order valence-corrected chi connectivity index (χ3v) is 5.11. The number of phenolic OH excluding ortho intramolecular Hbond substituents is 1. The molecule has 2 aromatic rings. The lowest BCUT2D eigenvalue weighted by Gasteiger charge is -2.23. The fraction of sp³-hybridized carbons (Fsp3) is 0.400. The van der Waals surface area contributed by atoms with Crippen LogP contribution in [0.2, 0.25) is 0 Å². The molecular formula is C20H28N2O2S. The van der Waals surface area contributed by atoms with Gasteiger partial charge >= 0.3 is 0 Å². The second-order valence-corrected chi connectivity index (χ2v) is 7.15. The first-order valence-electron chi connectivity index (χ1n) is 8.55. The summed E-state index contributed by atoms with van der Waals surface area (Å²) in [4.78, 5) is 3.02. The Hall–Kier alpha value is -1.69. The number of nitrogens with one attached hydrogen (secondary N) is 1. The van der Waals surface area contributed by atoms with Crippen molar-refractivity contribution in [2.45, 2.75) is 30.4 Å². The summed E-state index contributed by atoms with van der Waals surface area (Å²) in [6.45, 7) is 3.58. The zero-order chi connectivity index (χ0) is 18.2. The molecule has 2 aromatic carbocycles. The number of hydrogen-bond donors (Lipinski definition) is 3. The van der Waals surface area contributed by atoms with Gasteiger partial charge in [-0.3, -0.25) is 0 Å². The first kappa shape index (κ1) is 19.6. The Balaban J connectivity index is 1.78. The molecule has 0 amide bonds. The highest BCUT2D eigenvalue weighted by Crippen LogP contribution is 2.29. The van der Waals surface area contributed by atoms with Crippen molar-refractivity contribution in [3.8, 4) is 5.75 Å². The van der Waals surface area contributed by atoms with E-state index in [1.54, 1.807) is 12.1 Å². The van der Waals surface area contributed by atoms with Crippen LogP contribution < -0.4 is 10.2 Å². The molecule has 136 valence electrons. The van der Waals surface area contributed by atoms with Crippen molar-refractivity contribution in [2.75, 3.05) is 31.3 Å². The van der Waals surface area contributed by atoms with Crippen LogP contribution in [-0.4, -0.2) is 42.6 Å². The van der Waals surface area contributed by atoms with Crippen LogP contribution in [0.25, 0.3) is 0 Å². The molecular weight excluding hydrogens is 332 g/mol. The van der Waals surface area contributed by atoms with Gasteiger partial charge in [0.05, 0.1) is 6.10 Å². The fourth-order valence-corrected chi connectivity index (χ4v) is 3.16. The fourth-order valence-electron chi connectivity index (χ4n) is 2.63. The maximum absolute atomic E-state index is 10.4. The summed E-state index contributed by atoms with van der Waals surface area (Å²) in [7, 11) is 2.09. The molecule has 0 aliphatic heterocycles. The number of aliphatic hydroxyl groups excluding tert-OH is 1. The standard InChI is InChI=1S/C20H28N2O2S/c1-15(11-12-22(2)17-7-5-4-6-8-17)21-14-19(24)16-9-10-18(23)20(13-16)25-3/h4-10,13,15,19,21,23-24H,11-12,14H2,1-3H3. The highest BCUT2D eigenvalue weighted by molar-refractivity contribution is 7.98. The van der Waals surface area contributed by atoms with E-state index in [1.807, 2.05) is 30.5 Å². The number of para-hydroxylation sites is 1. The van der Waals surface area contributed by atoms with E-state index in [4.69, 9.17) is 0 Å². The van der Waals surface area contributed by atoms with Crippen LogP contribution in [0.4, 0.5) is 5.69 Å². The number of hydrogen-bond acceptors (Lipinski definition) is 5. The van der Waals surface area contributed by atoms with Crippen molar-refractivity contribution in [1.82, 2.24) is 5.32 Å². The van der Waals surface area contributed by atoms with E-state index in [-0.39, 0.29) is 5.75 Å². The van der Waals surface area contributed by atoms with Crippen molar-refractivity contribution in [3.05, 3.63) is 54.1 Å². The van der Waals surface area contributed by atoms with Gasteiger partial charge in [-0.25, -0.2) is 0 Å². The SMILES string of the molecule is CSc1cc(C(O)CNC(C)CCN(C)c2ccccc2)ccc1O. The van der Waals surface area contributed by atoms with Crippen molar-refractivity contribution in [1.29, 1.82) is 0 Å². The Labute approximate surface area is 154 Å². The summed E-state index contributed by atoms with van der Waals surface area (Å²) < 4.78 is 0. The number of phenols is 1. The van der Waals surface area contributed by atoms with Crippen LogP contribution in [0.5, 0.6) is 5.75 Å².